The van der Waals surface area contributed by atoms with Gasteiger partial charge in [-0.05, 0) is 44.0 Å². The van der Waals surface area contributed by atoms with Crippen LogP contribution in [0.15, 0.2) is 30.3 Å². The predicted molar refractivity (Wildman–Crippen MR) is 80.0 cm³/mol. The molecule has 4 nitrogen and oxygen atoms in total. The van der Waals surface area contributed by atoms with Gasteiger partial charge in [0.15, 0.2) is 0 Å². The monoisotopic (exact) mass is 291 g/mol. The maximum atomic E-state index is 12.1. The maximum Gasteiger partial charge on any atom is 0.269 e. The summed E-state index contributed by atoms with van der Waals surface area (Å²) in [6.07, 6.45) is 0.739. The molecule has 106 valence electrons. The van der Waals surface area contributed by atoms with Crippen LogP contribution in [0.25, 0.3) is 0 Å². The second-order valence-corrected chi connectivity index (χ2v) is 5.44. The summed E-state index contributed by atoms with van der Waals surface area (Å²) in [5.74, 6) is -0.109. The van der Waals surface area contributed by atoms with Gasteiger partial charge in [0, 0.05) is 18.1 Å². The first-order valence-corrected chi connectivity index (χ1v) is 6.89. The molecule has 1 amide bonds. The van der Waals surface area contributed by atoms with Crippen LogP contribution in [0.3, 0.4) is 0 Å². The van der Waals surface area contributed by atoms with Gasteiger partial charge in [-0.3, -0.25) is 9.48 Å². The molecule has 5 heteroatoms. The molecule has 0 aliphatic carbocycles. The standard InChI is InChI=1S/C15H18ClN3O/c1-10(7-12-5-4-6-13(16)9-12)17-15(20)14-8-11(2)18-19(14)3/h4-6,8-10H,7H2,1-3H3,(H,17,20). The van der Waals surface area contributed by atoms with Gasteiger partial charge in [-0.2, -0.15) is 5.10 Å². The summed E-state index contributed by atoms with van der Waals surface area (Å²) in [6, 6.07) is 9.47. The Hall–Kier alpha value is -1.81. The summed E-state index contributed by atoms with van der Waals surface area (Å²) in [5.41, 5.74) is 2.51. The Morgan fingerprint density at radius 1 is 1.45 bits per heavy atom. The fourth-order valence-electron chi connectivity index (χ4n) is 2.19. The van der Waals surface area contributed by atoms with Crippen molar-refractivity contribution in [3.05, 3.63) is 52.3 Å². The summed E-state index contributed by atoms with van der Waals surface area (Å²) in [6.45, 7) is 3.84. The largest absolute Gasteiger partial charge is 0.348 e. The van der Waals surface area contributed by atoms with Gasteiger partial charge >= 0.3 is 0 Å². The van der Waals surface area contributed by atoms with Gasteiger partial charge < -0.3 is 5.32 Å². The highest BCUT2D eigenvalue weighted by molar-refractivity contribution is 6.30. The van der Waals surface area contributed by atoms with E-state index >= 15 is 0 Å². The van der Waals surface area contributed by atoms with Crippen LogP contribution in [0.5, 0.6) is 0 Å². The molecule has 0 saturated heterocycles. The number of aryl methyl sites for hydroxylation is 2. The van der Waals surface area contributed by atoms with E-state index in [2.05, 4.69) is 10.4 Å². The van der Waals surface area contributed by atoms with E-state index in [1.54, 1.807) is 17.8 Å². The fourth-order valence-corrected chi connectivity index (χ4v) is 2.40. The molecule has 1 aromatic carbocycles. The number of nitrogens with zero attached hydrogens (tertiary/aromatic N) is 2. The zero-order chi connectivity index (χ0) is 14.7. The second kappa shape index (κ2) is 6.09. The molecule has 0 saturated carbocycles. The minimum atomic E-state index is -0.109. The Kier molecular flexibility index (Phi) is 4.45. The van der Waals surface area contributed by atoms with Gasteiger partial charge in [0.2, 0.25) is 0 Å². The minimum absolute atomic E-state index is 0.0242. The summed E-state index contributed by atoms with van der Waals surface area (Å²) in [5, 5.41) is 7.86. The highest BCUT2D eigenvalue weighted by Crippen LogP contribution is 2.12. The molecule has 20 heavy (non-hydrogen) atoms. The first-order chi connectivity index (χ1) is 9.45. The average Bonchev–Trinajstić information content (AvgIpc) is 2.68. The predicted octanol–water partition coefficient (Wildman–Crippen LogP) is 2.74. The highest BCUT2D eigenvalue weighted by atomic mass is 35.5. The summed E-state index contributed by atoms with van der Waals surface area (Å²) < 4.78 is 1.59. The van der Waals surface area contributed by atoms with Crippen LogP contribution in [0.4, 0.5) is 0 Å². The number of rotatable bonds is 4. The Bertz CT molecular complexity index is 621. The van der Waals surface area contributed by atoms with E-state index in [9.17, 15) is 4.79 Å². The third kappa shape index (κ3) is 3.61. The lowest BCUT2D eigenvalue weighted by atomic mass is 10.1. The first kappa shape index (κ1) is 14.6. The second-order valence-electron chi connectivity index (χ2n) is 5.00. The van der Waals surface area contributed by atoms with Crippen molar-refractivity contribution in [2.75, 3.05) is 0 Å². The zero-order valence-corrected chi connectivity index (χ0v) is 12.6. The van der Waals surface area contributed by atoms with Gasteiger partial charge in [-0.1, -0.05) is 23.7 Å². The van der Waals surface area contributed by atoms with Crippen molar-refractivity contribution in [1.29, 1.82) is 0 Å². The lowest BCUT2D eigenvalue weighted by Crippen LogP contribution is -2.35. The molecule has 0 bridgehead atoms. The number of hydrogen-bond acceptors (Lipinski definition) is 2. The summed E-state index contributed by atoms with van der Waals surface area (Å²) in [7, 11) is 1.77. The molecule has 0 fully saturated rings. The molecule has 0 aliphatic heterocycles. The van der Waals surface area contributed by atoms with E-state index in [4.69, 9.17) is 11.6 Å². The molecule has 1 unspecified atom stereocenters. The third-order valence-electron chi connectivity index (χ3n) is 3.04. The number of benzene rings is 1. The first-order valence-electron chi connectivity index (χ1n) is 6.51. The SMILES string of the molecule is Cc1cc(C(=O)NC(C)Cc2cccc(Cl)c2)n(C)n1. The third-order valence-corrected chi connectivity index (χ3v) is 3.28. The van der Waals surface area contributed by atoms with Gasteiger partial charge in [-0.25, -0.2) is 0 Å². The van der Waals surface area contributed by atoms with Gasteiger partial charge in [0.25, 0.3) is 5.91 Å². The Morgan fingerprint density at radius 2 is 2.20 bits per heavy atom. The smallest absolute Gasteiger partial charge is 0.269 e. The Balaban J connectivity index is 1.99. The molecule has 1 atom stereocenters. The number of carbonyl (C=O) groups is 1. The van der Waals surface area contributed by atoms with E-state index < -0.39 is 0 Å². The lowest BCUT2D eigenvalue weighted by molar-refractivity contribution is 0.0930. The van der Waals surface area contributed by atoms with E-state index in [0.717, 1.165) is 17.7 Å². The van der Waals surface area contributed by atoms with Crippen LogP contribution >= 0.6 is 11.6 Å². The van der Waals surface area contributed by atoms with Crippen LogP contribution < -0.4 is 5.32 Å². The lowest BCUT2D eigenvalue weighted by Gasteiger charge is -2.14. The molecular weight excluding hydrogens is 274 g/mol. The van der Waals surface area contributed by atoms with Crippen LogP contribution in [-0.2, 0) is 13.5 Å². The van der Waals surface area contributed by atoms with E-state index in [-0.39, 0.29) is 11.9 Å². The molecule has 2 aromatic rings. The maximum absolute atomic E-state index is 12.1. The quantitative estimate of drug-likeness (QED) is 0.941. The zero-order valence-electron chi connectivity index (χ0n) is 11.9. The van der Waals surface area contributed by atoms with E-state index in [0.29, 0.717) is 10.7 Å². The number of aromatic nitrogens is 2. The van der Waals surface area contributed by atoms with Crippen LogP contribution in [-0.4, -0.2) is 21.7 Å². The van der Waals surface area contributed by atoms with Crippen molar-refractivity contribution in [3.8, 4) is 0 Å². The van der Waals surface area contributed by atoms with Gasteiger partial charge in [0.05, 0.1) is 5.69 Å². The minimum Gasteiger partial charge on any atom is -0.348 e. The topological polar surface area (TPSA) is 46.9 Å². The Morgan fingerprint density at radius 3 is 2.80 bits per heavy atom. The normalized spacial score (nSPS) is 12.2. The Labute approximate surface area is 123 Å². The highest BCUT2D eigenvalue weighted by Gasteiger charge is 2.14. The molecule has 0 spiro atoms. The van der Waals surface area contributed by atoms with Gasteiger partial charge in [-0.15, -0.1) is 0 Å². The number of amides is 1. The summed E-state index contributed by atoms with van der Waals surface area (Å²) >= 11 is 5.95. The van der Waals surface area contributed by atoms with Crippen molar-refractivity contribution >= 4 is 17.5 Å². The number of carbonyl (C=O) groups excluding carboxylic acids is 1. The van der Waals surface area contributed by atoms with Crippen LogP contribution in [0.2, 0.25) is 5.02 Å². The van der Waals surface area contributed by atoms with E-state index in [1.807, 2.05) is 38.1 Å². The molecule has 0 aliphatic rings. The molecule has 1 heterocycles. The molecule has 1 N–H and O–H groups in total. The number of halogens is 1. The van der Waals surface area contributed by atoms with E-state index in [1.165, 1.54) is 0 Å². The van der Waals surface area contributed by atoms with Crippen molar-refractivity contribution < 1.29 is 4.79 Å². The molecule has 1 aromatic heterocycles. The number of hydrogen-bond donors (Lipinski definition) is 1. The average molecular weight is 292 g/mol. The van der Waals surface area contributed by atoms with Crippen molar-refractivity contribution in [3.63, 3.8) is 0 Å². The molecule has 2 rings (SSSR count). The molecule has 0 radical (unpaired) electrons. The van der Waals surface area contributed by atoms with Crippen LogP contribution in [0, 0.1) is 6.92 Å². The van der Waals surface area contributed by atoms with Crippen LogP contribution in [0.1, 0.15) is 28.7 Å². The van der Waals surface area contributed by atoms with Crippen molar-refractivity contribution in [2.24, 2.45) is 7.05 Å². The van der Waals surface area contributed by atoms with Crippen molar-refractivity contribution in [2.45, 2.75) is 26.3 Å². The summed E-state index contributed by atoms with van der Waals surface area (Å²) in [4.78, 5) is 12.1. The van der Waals surface area contributed by atoms with Gasteiger partial charge in [0.1, 0.15) is 5.69 Å². The van der Waals surface area contributed by atoms with Crippen molar-refractivity contribution in [1.82, 2.24) is 15.1 Å². The fraction of sp³-hybridized carbons (Fsp3) is 0.333. The number of nitrogens with one attached hydrogen (secondary N) is 1. The molecular formula is C15H18ClN3O.